The summed E-state index contributed by atoms with van der Waals surface area (Å²) in [7, 11) is 0. The van der Waals surface area contributed by atoms with Gasteiger partial charge in [0.2, 0.25) is 5.91 Å². The second-order valence-corrected chi connectivity index (χ2v) is 6.42. The molecule has 0 spiro atoms. The maximum atomic E-state index is 11.8. The summed E-state index contributed by atoms with van der Waals surface area (Å²) in [6.45, 7) is 5.28. The maximum Gasteiger partial charge on any atom is 0.222 e. The maximum absolute atomic E-state index is 11.8. The minimum Gasteiger partial charge on any atom is -0.389 e. The zero-order valence-corrected chi connectivity index (χ0v) is 12.8. The molecule has 6 heteroatoms. The zero-order valence-electron chi connectivity index (χ0n) is 12.8. The number of nitrogens with zero attached hydrogens (tertiary/aromatic N) is 2. The smallest absolute Gasteiger partial charge is 0.222 e. The fourth-order valence-electron chi connectivity index (χ4n) is 3.33. The van der Waals surface area contributed by atoms with Crippen molar-refractivity contribution in [3.63, 3.8) is 0 Å². The van der Waals surface area contributed by atoms with Crippen molar-refractivity contribution in [3.8, 4) is 0 Å². The van der Waals surface area contributed by atoms with Crippen molar-refractivity contribution in [3.05, 3.63) is 0 Å². The Hall–Kier alpha value is -0.690. The molecule has 3 atom stereocenters. The lowest BCUT2D eigenvalue weighted by molar-refractivity contribution is -0.133. The Bertz CT molecular complexity index is 333. The summed E-state index contributed by atoms with van der Waals surface area (Å²) in [6, 6.07) is 0. The first-order valence-corrected chi connectivity index (χ1v) is 8.05. The molecule has 2 heterocycles. The number of amides is 1. The number of carbonyl (C=O) groups excluding carboxylic acids is 1. The Balaban J connectivity index is 1.75. The van der Waals surface area contributed by atoms with Gasteiger partial charge in [-0.25, -0.2) is 0 Å². The Morgan fingerprint density at radius 2 is 1.67 bits per heavy atom. The lowest BCUT2D eigenvalue weighted by Gasteiger charge is -2.40. The normalized spacial score (nSPS) is 32.4. The molecule has 3 N–H and O–H groups in total. The molecule has 122 valence electrons. The standard InChI is InChI=1S/C15H28N2O4/c1-2-3-14(20)17-6-4-11(5-7-17)8-16-9-12(18)15(21)13(19)10-16/h11-13,15,18-19,21H,2-10H2,1H3/t12-,13+,15+. The van der Waals surface area contributed by atoms with Gasteiger partial charge in [0.1, 0.15) is 6.10 Å². The summed E-state index contributed by atoms with van der Waals surface area (Å²) in [5, 5.41) is 29.0. The summed E-state index contributed by atoms with van der Waals surface area (Å²) < 4.78 is 0. The van der Waals surface area contributed by atoms with Crippen LogP contribution in [-0.4, -0.2) is 82.1 Å². The van der Waals surface area contributed by atoms with Crippen LogP contribution in [-0.2, 0) is 4.79 Å². The number of piperidine rings is 2. The lowest BCUT2D eigenvalue weighted by Crippen LogP contribution is -2.56. The minimum absolute atomic E-state index is 0.253. The van der Waals surface area contributed by atoms with Gasteiger partial charge < -0.3 is 20.2 Å². The van der Waals surface area contributed by atoms with E-state index in [1.807, 2.05) is 16.7 Å². The van der Waals surface area contributed by atoms with E-state index in [9.17, 15) is 20.1 Å². The average Bonchev–Trinajstić information content (AvgIpc) is 2.45. The highest BCUT2D eigenvalue weighted by atomic mass is 16.4. The molecule has 0 unspecified atom stereocenters. The number of aliphatic hydroxyl groups excluding tert-OH is 3. The molecule has 2 fully saturated rings. The van der Waals surface area contributed by atoms with Gasteiger partial charge in [-0.3, -0.25) is 9.69 Å². The average molecular weight is 300 g/mol. The van der Waals surface area contributed by atoms with E-state index in [1.165, 1.54) is 0 Å². The van der Waals surface area contributed by atoms with Gasteiger partial charge in [-0.15, -0.1) is 0 Å². The molecular formula is C15H28N2O4. The molecule has 2 rings (SSSR count). The Kier molecular flexibility index (Phi) is 5.98. The predicted molar refractivity (Wildman–Crippen MR) is 78.7 cm³/mol. The molecule has 0 aromatic heterocycles. The van der Waals surface area contributed by atoms with Gasteiger partial charge in [0.15, 0.2) is 0 Å². The van der Waals surface area contributed by atoms with E-state index < -0.39 is 18.3 Å². The van der Waals surface area contributed by atoms with E-state index in [4.69, 9.17) is 0 Å². The highest BCUT2D eigenvalue weighted by Gasteiger charge is 2.34. The zero-order chi connectivity index (χ0) is 15.4. The Morgan fingerprint density at radius 1 is 1.10 bits per heavy atom. The molecule has 0 radical (unpaired) electrons. The number of likely N-dealkylation sites (tertiary alicyclic amines) is 2. The number of hydrogen-bond acceptors (Lipinski definition) is 5. The molecule has 6 nitrogen and oxygen atoms in total. The summed E-state index contributed by atoms with van der Waals surface area (Å²) in [4.78, 5) is 15.8. The van der Waals surface area contributed by atoms with E-state index in [2.05, 4.69) is 0 Å². The number of β-amino-alcohol motifs (C(OH)–C–C–N with tert-alkyl or cyclic N) is 2. The van der Waals surface area contributed by atoms with E-state index in [0.717, 1.165) is 38.9 Å². The van der Waals surface area contributed by atoms with Gasteiger partial charge in [-0.2, -0.15) is 0 Å². The van der Waals surface area contributed by atoms with E-state index in [1.54, 1.807) is 0 Å². The predicted octanol–water partition coefficient (Wildman–Crippen LogP) is -0.577. The van der Waals surface area contributed by atoms with Crippen molar-refractivity contribution in [2.45, 2.75) is 50.9 Å². The third-order valence-electron chi connectivity index (χ3n) is 4.63. The first-order valence-electron chi connectivity index (χ1n) is 8.05. The number of carbonyl (C=O) groups is 1. The van der Waals surface area contributed by atoms with Crippen LogP contribution in [0.2, 0.25) is 0 Å². The molecule has 1 amide bonds. The molecule has 0 aliphatic carbocycles. The third kappa shape index (κ3) is 4.39. The van der Waals surface area contributed by atoms with Crippen LogP contribution >= 0.6 is 0 Å². The fourth-order valence-corrected chi connectivity index (χ4v) is 3.33. The molecular weight excluding hydrogens is 272 g/mol. The molecule has 0 saturated carbocycles. The van der Waals surface area contributed by atoms with Gasteiger partial charge in [0, 0.05) is 39.1 Å². The third-order valence-corrected chi connectivity index (χ3v) is 4.63. The van der Waals surface area contributed by atoms with Gasteiger partial charge in [-0.1, -0.05) is 6.92 Å². The van der Waals surface area contributed by atoms with Crippen molar-refractivity contribution in [2.24, 2.45) is 5.92 Å². The van der Waals surface area contributed by atoms with Crippen LogP contribution < -0.4 is 0 Å². The van der Waals surface area contributed by atoms with Crippen LogP contribution in [0.25, 0.3) is 0 Å². The van der Waals surface area contributed by atoms with Gasteiger partial charge in [0.05, 0.1) is 12.2 Å². The summed E-state index contributed by atoms with van der Waals surface area (Å²) in [5.41, 5.74) is 0. The van der Waals surface area contributed by atoms with Crippen molar-refractivity contribution >= 4 is 5.91 Å². The minimum atomic E-state index is -1.03. The summed E-state index contributed by atoms with van der Waals surface area (Å²) in [6.07, 6.45) is 0.689. The molecule has 2 saturated heterocycles. The highest BCUT2D eigenvalue weighted by molar-refractivity contribution is 5.76. The van der Waals surface area contributed by atoms with Gasteiger partial charge in [-0.05, 0) is 25.2 Å². The molecule has 2 aliphatic heterocycles. The van der Waals surface area contributed by atoms with E-state index in [0.29, 0.717) is 25.4 Å². The van der Waals surface area contributed by atoms with E-state index in [-0.39, 0.29) is 5.91 Å². The molecule has 0 bridgehead atoms. The van der Waals surface area contributed by atoms with Gasteiger partial charge in [0.25, 0.3) is 0 Å². The second kappa shape index (κ2) is 7.54. The molecule has 0 aromatic carbocycles. The SMILES string of the molecule is CCCC(=O)N1CCC(CN2C[C@@H](O)[C@H](O)[C@@H](O)C2)CC1. The van der Waals surface area contributed by atoms with Crippen molar-refractivity contribution in [1.29, 1.82) is 0 Å². The molecule has 21 heavy (non-hydrogen) atoms. The van der Waals surface area contributed by atoms with Crippen LogP contribution in [0.1, 0.15) is 32.6 Å². The lowest BCUT2D eigenvalue weighted by atomic mass is 9.94. The monoisotopic (exact) mass is 300 g/mol. The number of aliphatic hydroxyl groups is 3. The van der Waals surface area contributed by atoms with Crippen LogP contribution in [0, 0.1) is 5.92 Å². The molecule has 0 aromatic rings. The van der Waals surface area contributed by atoms with Crippen LogP contribution in [0.5, 0.6) is 0 Å². The van der Waals surface area contributed by atoms with Crippen LogP contribution in [0.4, 0.5) is 0 Å². The summed E-state index contributed by atoms with van der Waals surface area (Å²) in [5.74, 6) is 0.744. The Morgan fingerprint density at radius 3 is 2.19 bits per heavy atom. The van der Waals surface area contributed by atoms with E-state index >= 15 is 0 Å². The van der Waals surface area contributed by atoms with Crippen molar-refractivity contribution < 1.29 is 20.1 Å². The topological polar surface area (TPSA) is 84.2 Å². The first kappa shape index (κ1) is 16.7. The first-order chi connectivity index (χ1) is 10.0. The van der Waals surface area contributed by atoms with Gasteiger partial charge >= 0.3 is 0 Å². The quantitative estimate of drug-likeness (QED) is 0.647. The van der Waals surface area contributed by atoms with Crippen LogP contribution in [0.3, 0.4) is 0 Å². The number of hydrogen-bond donors (Lipinski definition) is 3. The fraction of sp³-hybridized carbons (Fsp3) is 0.933. The number of rotatable bonds is 4. The van der Waals surface area contributed by atoms with Crippen molar-refractivity contribution in [1.82, 2.24) is 9.80 Å². The summed E-state index contributed by atoms with van der Waals surface area (Å²) >= 11 is 0. The van der Waals surface area contributed by atoms with Crippen molar-refractivity contribution in [2.75, 3.05) is 32.7 Å². The largest absolute Gasteiger partial charge is 0.389 e. The second-order valence-electron chi connectivity index (χ2n) is 6.42. The highest BCUT2D eigenvalue weighted by Crippen LogP contribution is 2.21. The van der Waals surface area contributed by atoms with Crippen LogP contribution in [0.15, 0.2) is 0 Å². The molecule has 2 aliphatic rings. The Labute approximate surface area is 126 Å².